The van der Waals surface area contributed by atoms with Crippen LogP contribution < -0.4 is 10.6 Å². The Hall–Kier alpha value is -0.0800. The van der Waals surface area contributed by atoms with E-state index in [9.17, 15) is 0 Å². The van der Waals surface area contributed by atoms with Gasteiger partial charge in [0.25, 0.3) is 0 Å². The van der Waals surface area contributed by atoms with E-state index in [0.29, 0.717) is 6.04 Å². The fourth-order valence-electron chi connectivity index (χ4n) is 2.92. The van der Waals surface area contributed by atoms with Crippen molar-refractivity contribution in [2.24, 2.45) is 10.9 Å². The van der Waals surface area contributed by atoms with Gasteiger partial charge in [-0.15, -0.1) is 24.0 Å². The van der Waals surface area contributed by atoms with E-state index in [0.717, 1.165) is 38.1 Å². The van der Waals surface area contributed by atoms with Crippen molar-refractivity contribution < 1.29 is 4.74 Å². The van der Waals surface area contributed by atoms with E-state index in [1.54, 1.807) is 0 Å². The molecule has 1 saturated heterocycles. The fourth-order valence-corrected chi connectivity index (χ4v) is 2.92. The highest BCUT2D eigenvalue weighted by atomic mass is 127. The number of nitrogens with zero attached hydrogens (tertiary/aromatic N) is 2. The Kier molecular flexibility index (Phi) is 11.2. The molecule has 1 heterocycles. The van der Waals surface area contributed by atoms with Crippen LogP contribution in [0, 0.1) is 5.92 Å². The number of hydrogen-bond donors (Lipinski definition) is 2. The Labute approximate surface area is 159 Å². The average Bonchev–Trinajstić information content (AvgIpc) is 3.35. The fraction of sp³-hybridized carbons (Fsp3) is 0.941. The summed E-state index contributed by atoms with van der Waals surface area (Å²) >= 11 is 0. The lowest BCUT2D eigenvalue weighted by Crippen LogP contribution is -2.49. The monoisotopic (exact) mass is 438 g/mol. The molecule has 23 heavy (non-hydrogen) atoms. The molecule has 0 amide bonds. The van der Waals surface area contributed by atoms with Gasteiger partial charge < -0.3 is 20.3 Å². The molecule has 2 rings (SSSR count). The Balaban J connectivity index is 0.00000264. The van der Waals surface area contributed by atoms with Crippen LogP contribution in [0.5, 0.6) is 0 Å². The molecule has 0 bridgehead atoms. The molecule has 1 saturated carbocycles. The second-order valence-electron chi connectivity index (χ2n) is 6.63. The van der Waals surface area contributed by atoms with Gasteiger partial charge in [0.2, 0.25) is 0 Å². The minimum Gasteiger partial charge on any atom is -0.381 e. The van der Waals surface area contributed by atoms with Crippen molar-refractivity contribution in [3.05, 3.63) is 0 Å². The number of hydrogen-bond acceptors (Lipinski definition) is 3. The second-order valence-corrected chi connectivity index (χ2v) is 6.63. The van der Waals surface area contributed by atoms with Crippen LogP contribution >= 0.6 is 24.0 Å². The van der Waals surface area contributed by atoms with Crippen molar-refractivity contribution in [1.29, 1.82) is 0 Å². The summed E-state index contributed by atoms with van der Waals surface area (Å²) in [4.78, 5) is 6.89. The SMILES string of the molecule is CCCN1CCC(NC(=NC)NCCCOCC2CC2)CC1.I. The van der Waals surface area contributed by atoms with Crippen LogP contribution in [0.3, 0.4) is 0 Å². The number of aliphatic imine (C=N–C) groups is 1. The molecule has 0 atom stereocenters. The molecule has 2 fully saturated rings. The van der Waals surface area contributed by atoms with Crippen LogP contribution in [0.15, 0.2) is 4.99 Å². The molecule has 2 aliphatic rings. The molecule has 0 aromatic rings. The van der Waals surface area contributed by atoms with Crippen LogP contribution in [0.1, 0.15) is 45.4 Å². The Bertz CT molecular complexity index is 329. The van der Waals surface area contributed by atoms with Crippen molar-refractivity contribution in [1.82, 2.24) is 15.5 Å². The van der Waals surface area contributed by atoms with E-state index in [2.05, 4.69) is 27.4 Å². The summed E-state index contributed by atoms with van der Waals surface area (Å²) in [5.41, 5.74) is 0. The minimum absolute atomic E-state index is 0. The first-order chi connectivity index (χ1) is 10.8. The van der Waals surface area contributed by atoms with Gasteiger partial charge in [-0.1, -0.05) is 6.92 Å². The van der Waals surface area contributed by atoms with E-state index in [4.69, 9.17) is 4.74 Å². The van der Waals surface area contributed by atoms with E-state index in [1.165, 1.54) is 51.7 Å². The summed E-state index contributed by atoms with van der Waals surface area (Å²) < 4.78 is 5.65. The highest BCUT2D eigenvalue weighted by molar-refractivity contribution is 14.0. The number of halogens is 1. The maximum absolute atomic E-state index is 5.65. The maximum Gasteiger partial charge on any atom is 0.191 e. The van der Waals surface area contributed by atoms with E-state index in [-0.39, 0.29) is 24.0 Å². The summed E-state index contributed by atoms with van der Waals surface area (Å²) in [5, 5.41) is 6.96. The first-order valence-electron chi connectivity index (χ1n) is 9.09. The molecular formula is C17H35IN4O. The number of piperidine rings is 1. The van der Waals surface area contributed by atoms with Crippen molar-refractivity contribution in [3.8, 4) is 0 Å². The topological polar surface area (TPSA) is 48.9 Å². The molecule has 6 heteroatoms. The van der Waals surface area contributed by atoms with Crippen LogP contribution in [0.25, 0.3) is 0 Å². The third-order valence-corrected chi connectivity index (χ3v) is 4.50. The molecule has 0 unspecified atom stereocenters. The zero-order chi connectivity index (χ0) is 15.6. The lowest BCUT2D eigenvalue weighted by atomic mass is 10.1. The van der Waals surface area contributed by atoms with Gasteiger partial charge in [0.1, 0.15) is 0 Å². The van der Waals surface area contributed by atoms with Crippen LogP contribution in [-0.2, 0) is 4.74 Å². The standard InChI is InChI=1S/C17H34N4O.HI/c1-3-10-21-11-7-16(8-12-21)20-17(18-2)19-9-4-13-22-14-15-5-6-15;/h15-16H,3-14H2,1-2H3,(H2,18,19,20);1H. The van der Waals surface area contributed by atoms with Gasteiger partial charge in [-0.2, -0.15) is 0 Å². The Morgan fingerprint density at radius 1 is 1.22 bits per heavy atom. The molecular weight excluding hydrogens is 403 g/mol. The molecule has 0 aromatic carbocycles. The zero-order valence-electron chi connectivity index (χ0n) is 14.9. The van der Waals surface area contributed by atoms with Crippen LogP contribution in [0.2, 0.25) is 0 Å². The van der Waals surface area contributed by atoms with Gasteiger partial charge in [0, 0.05) is 45.9 Å². The molecule has 0 aromatic heterocycles. The van der Waals surface area contributed by atoms with Crippen molar-refractivity contribution in [3.63, 3.8) is 0 Å². The first-order valence-corrected chi connectivity index (χ1v) is 9.09. The molecule has 1 aliphatic heterocycles. The molecule has 2 N–H and O–H groups in total. The number of ether oxygens (including phenoxy) is 1. The van der Waals surface area contributed by atoms with Crippen molar-refractivity contribution in [2.75, 3.05) is 46.4 Å². The minimum atomic E-state index is 0. The van der Waals surface area contributed by atoms with Crippen LogP contribution in [0.4, 0.5) is 0 Å². The third kappa shape index (κ3) is 9.10. The number of guanidine groups is 1. The van der Waals surface area contributed by atoms with Gasteiger partial charge in [-0.25, -0.2) is 0 Å². The largest absolute Gasteiger partial charge is 0.381 e. The molecule has 1 aliphatic carbocycles. The normalized spacial score (nSPS) is 20.2. The molecule has 0 radical (unpaired) electrons. The number of rotatable bonds is 9. The Morgan fingerprint density at radius 2 is 1.96 bits per heavy atom. The summed E-state index contributed by atoms with van der Waals surface area (Å²) in [6.07, 6.45) is 7.46. The smallest absolute Gasteiger partial charge is 0.191 e. The summed E-state index contributed by atoms with van der Waals surface area (Å²) in [6.45, 7) is 8.65. The van der Waals surface area contributed by atoms with Gasteiger partial charge in [-0.3, -0.25) is 4.99 Å². The zero-order valence-corrected chi connectivity index (χ0v) is 17.2. The predicted octanol–water partition coefficient (Wildman–Crippen LogP) is 2.46. The van der Waals surface area contributed by atoms with Crippen molar-refractivity contribution >= 4 is 29.9 Å². The first kappa shape index (κ1) is 21.0. The van der Waals surface area contributed by atoms with Crippen LogP contribution in [-0.4, -0.2) is 63.3 Å². The number of nitrogens with one attached hydrogen (secondary N) is 2. The summed E-state index contributed by atoms with van der Waals surface area (Å²) in [5.74, 6) is 1.80. The third-order valence-electron chi connectivity index (χ3n) is 4.50. The van der Waals surface area contributed by atoms with E-state index >= 15 is 0 Å². The summed E-state index contributed by atoms with van der Waals surface area (Å²) in [6, 6.07) is 0.561. The lowest BCUT2D eigenvalue weighted by Gasteiger charge is -2.32. The molecule has 136 valence electrons. The van der Waals surface area contributed by atoms with Gasteiger partial charge in [0.15, 0.2) is 5.96 Å². The summed E-state index contributed by atoms with van der Waals surface area (Å²) in [7, 11) is 1.85. The van der Waals surface area contributed by atoms with E-state index < -0.39 is 0 Å². The second kappa shape index (κ2) is 12.3. The maximum atomic E-state index is 5.65. The lowest BCUT2D eigenvalue weighted by molar-refractivity contribution is 0.123. The number of likely N-dealkylation sites (tertiary alicyclic amines) is 1. The van der Waals surface area contributed by atoms with Crippen molar-refractivity contribution in [2.45, 2.75) is 51.5 Å². The van der Waals surface area contributed by atoms with Gasteiger partial charge in [0.05, 0.1) is 0 Å². The molecule has 0 spiro atoms. The van der Waals surface area contributed by atoms with Gasteiger partial charge in [-0.05, 0) is 51.0 Å². The average molecular weight is 438 g/mol. The van der Waals surface area contributed by atoms with E-state index in [1.807, 2.05) is 7.05 Å². The highest BCUT2D eigenvalue weighted by Crippen LogP contribution is 2.28. The molecule has 5 nitrogen and oxygen atoms in total. The quantitative estimate of drug-likeness (QED) is 0.251. The Morgan fingerprint density at radius 3 is 2.57 bits per heavy atom. The predicted molar refractivity (Wildman–Crippen MR) is 108 cm³/mol. The highest BCUT2D eigenvalue weighted by Gasteiger charge is 2.21. The van der Waals surface area contributed by atoms with Gasteiger partial charge >= 0.3 is 0 Å².